The van der Waals surface area contributed by atoms with Gasteiger partial charge in [0.05, 0.1) is 16.8 Å². The number of aromatic nitrogens is 3. The summed E-state index contributed by atoms with van der Waals surface area (Å²) in [5, 5.41) is 2.75. The molecule has 0 aromatic carbocycles. The normalized spacial score (nSPS) is 16.5. The number of carbonyl (C=O) groups excluding carboxylic acids is 2. The number of pyridine rings is 3. The maximum absolute atomic E-state index is 12.6. The highest BCUT2D eigenvalue weighted by atomic mass is 16.5. The number of imide groups is 1. The van der Waals surface area contributed by atoms with E-state index in [-0.39, 0.29) is 11.3 Å². The molecule has 0 atom stereocenters. The lowest BCUT2D eigenvalue weighted by molar-refractivity contribution is -0.137. The molecule has 1 saturated heterocycles. The lowest BCUT2D eigenvalue weighted by Gasteiger charge is -2.35. The molecule has 33 heavy (non-hydrogen) atoms. The standard InChI is InChI=1S/C25H25N5O3/c1-16-4-5-18(15-27-16)20-14-19(8-12-26-20)33-21-6-7-22(28-17(21)2)29-24(32)30-13-11-25(23(30)31)9-3-10-25/h4-8,12,14-15H,3,9-11,13H2,1-2H3,(H,28,29,32). The van der Waals surface area contributed by atoms with Crippen LogP contribution in [-0.4, -0.2) is 38.3 Å². The first-order valence-electron chi connectivity index (χ1n) is 11.1. The number of hydrogen-bond acceptors (Lipinski definition) is 6. The number of carbonyl (C=O) groups is 2. The molecule has 4 heterocycles. The van der Waals surface area contributed by atoms with Crippen LogP contribution in [0.15, 0.2) is 48.8 Å². The van der Waals surface area contributed by atoms with Crippen LogP contribution in [0, 0.1) is 19.3 Å². The molecule has 1 aliphatic carbocycles. The summed E-state index contributed by atoms with van der Waals surface area (Å²) in [4.78, 5) is 39.8. The van der Waals surface area contributed by atoms with Crippen molar-refractivity contribution >= 4 is 17.8 Å². The van der Waals surface area contributed by atoms with Crippen LogP contribution in [0.1, 0.15) is 37.1 Å². The van der Waals surface area contributed by atoms with Gasteiger partial charge in [0, 0.05) is 36.3 Å². The molecule has 2 fully saturated rings. The number of aryl methyl sites for hydroxylation is 2. The zero-order valence-corrected chi connectivity index (χ0v) is 18.7. The Kier molecular flexibility index (Phi) is 5.28. The fourth-order valence-corrected chi connectivity index (χ4v) is 4.36. The SMILES string of the molecule is Cc1ccc(-c2cc(Oc3ccc(NC(=O)N4CCC5(CCC5)C4=O)nc3C)ccn2)cn1. The van der Waals surface area contributed by atoms with Crippen LogP contribution in [-0.2, 0) is 4.79 Å². The predicted octanol–water partition coefficient (Wildman–Crippen LogP) is 4.88. The highest BCUT2D eigenvalue weighted by Crippen LogP contribution is 2.49. The minimum absolute atomic E-state index is 0.0554. The number of ether oxygens (including phenoxy) is 1. The molecule has 0 unspecified atom stereocenters. The molecule has 0 radical (unpaired) electrons. The first-order valence-corrected chi connectivity index (χ1v) is 11.1. The Bertz CT molecular complexity index is 1220. The molecule has 3 amide bonds. The predicted molar refractivity (Wildman–Crippen MR) is 123 cm³/mol. The summed E-state index contributed by atoms with van der Waals surface area (Å²) in [6, 6.07) is 10.5. The van der Waals surface area contributed by atoms with Crippen LogP contribution in [0.25, 0.3) is 11.3 Å². The molecule has 1 N–H and O–H groups in total. The summed E-state index contributed by atoms with van der Waals surface area (Å²) < 4.78 is 6.02. The van der Waals surface area contributed by atoms with E-state index >= 15 is 0 Å². The van der Waals surface area contributed by atoms with Crippen molar-refractivity contribution in [1.82, 2.24) is 19.9 Å². The van der Waals surface area contributed by atoms with Crippen molar-refractivity contribution in [2.75, 3.05) is 11.9 Å². The fraction of sp³-hybridized carbons (Fsp3) is 0.320. The van der Waals surface area contributed by atoms with Gasteiger partial charge in [-0.25, -0.2) is 9.78 Å². The van der Waals surface area contributed by atoms with Gasteiger partial charge >= 0.3 is 6.03 Å². The van der Waals surface area contributed by atoms with Crippen LogP contribution >= 0.6 is 0 Å². The number of likely N-dealkylation sites (tertiary alicyclic amines) is 1. The second-order valence-electron chi connectivity index (χ2n) is 8.72. The first-order chi connectivity index (χ1) is 15.9. The minimum Gasteiger partial charge on any atom is -0.455 e. The van der Waals surface area contributed by atoms with Gasteiger partial charge in [0.25, 0.3) is 0 Å². The van der Waals surface area contributed by atoms with Crippen LogP contribution in [0.3, 0.4) is 0 Å². The molecule has 8 nitrogen and oxygen atoms in total. The van der Waals surface area contributed by atoms with Crippen LogP contribution in [0.2, 0.25) is 0 Å². The Hall–Kier alpha value is -3.81. The molecular weight excluding hydrogens is 418 g/mol. The van der Waals surface area contributed by atoms with Crippen molar-refractivity contribution in [1.29, 1.82) is 0 Å². The molecule has 1 saturated carbocycles. The van der Waals surface area contributed by atoms with Gasteiger partial charge in [-0.15, -0.1) is 0 Å². The molecule has 5 rings (SSSR count). The lowest BCUT2D eigenvalue weighted by atomic mass is 9.68. The van der Waals surface area contributed by atoms with Gasteiger partial charge in [-0.05, 0) is 63.4 Å². The van der Waals surface area contributed by atoms with Gasteiger partial charge in [0.2, 0.25) is 5.91 Å². The van der Waals surface area contributed by atoms with Gasteiger partial charge in [-0.2, -0.15) is 0 Å². The van der Waals surface area contributed by atoms with Crippen LogP contribution < -0.4 is 10.1 Å². The molecule has 3 aromatic rings. The van der Waals surface area contributed by atoms with Crippen LogP contribution in [0.5, 0.6) is 11.5 Å². The number of urea groups is 1. The average molecular weight is 444 g/mol. The van der Waals surface area contributed by atoms with Crippen molar-refractivity contribution in [3.8, 4) is 22.8 Å². The van der Waals surface area contributed by atoms with Gasteiger partial charge in [0.15, 0.2) is 0 Å². The number of nitrogens with zero attached hydrogens (tertiary/aromatic N) is 4. The number of amides is 3. The van der Waals surface area contributed by atoms with Crippen molar-refractivity contribution in [3.63, 3.8) is 0 Å². The minimum atomic E-state index is -0.421. The fourth-order valence-electron chi connectivity index (χ4n) is 4.36. The zero-order chi connectivity index (χ0) is 23.0. The Balaban J connectivity index is 1.27. The number of nitrogens with one attached hydrogen (secondary N) is 1. The van der Waals surface area contributed by atoms with E-state index in [0.29, 0.717) is 29.6 Å². The summed E-state index contributed by atoms with van der Waals surface area (Å²) >= 11 is 0. The summed E-state index contributed by atoms with van der Waals surface area (Å²) in [5.41, 5.74) is 2.92. The summed E-state index contributed by atoms with van der Waals surface area (Å²) in [7, 11) is 0. The van der Waals surface area contributed by atoms with Crippen molar-refractivity contribution < 1.29 is 14.3 Å². The third kappa shape index (κ3) is 4.04. The number of anilines is 1. The molecule has 0 bridgehead atoms. The summed E-state index contributed by atoms with van der Waals surface area (Å²) in [5.74, 6) is 1.52. The maximum Gasteiger partial charge on any atom is 0.329 e. The Morgan fingerprint density at radius 3 is 2.61 bits per heavy atom. The van der Waals surface area contributed by atoms with Gasteiger partial charge in [-0.1, -0.05) is 6.42 Å². The molecule has 1 aliphatic heterocycles. The van der Waals surface area contributed by atoms with Gasteiger partial charge in [-0.3, -0.25) is 25.0 Å². The van der Waals surface area contributed by atoms with Gasteiger partial charge < -0.3 is 4.74 Å². The molecule has 8 heteroatoms. The van der Waals surface area contributed by atoms with Crippen molar-refractivity contribution in [2.24, 2.45) is 5.41 Å². The Morgan fingerprint density at radius 1 is 1.09 bits per heavy atom. The molecule has 2 aliphatic rings. The topological polar surface area (TPSA) is 97.3 Å². The van der Waals surface area contributed by atoms with E-state index in [4.69, 9.17) is 4.74 Å². The Morgan fingerprint density at radius 2 is 1.94 bits per heavy atom. The highest BCUT2D eigenvalue weighted by molar-refractivity contribution is 6.04. The lowest BCUT2D eigenvalue weighted by Crippen LogP contribution is -2.43. The maximum atomic E-state index is 12.6. The van der Waals surface area contributed by atoms with E-state index in [1.165, 1.54) is 4.90 Å². The average Bonchev–Trinajstić information content (AvgIpc) is 3.14. The van der Waals surface area contributed by atoms with E-state index in [0.717, 1.165) is 42.6 Å². The smallest absolute Gasteiger partial charge is 0.329 e. The molecular formula is C25H25N5O3. The van der Waals surface area contributed by atoms with E-state index in [9.17, 15) is 9.59 Å². The van der Waals surface area contributed by atoms with Crippen molar-refractivity contribution in [2.45, 2.75) is 39.5 Å². The monoisotopic (exact) mass is 443 g/mol. The summed E-state index contributed by atoms with van der Waals surface area (Å²) in [6.07, 6.45) is 7.05. The largest absolute Gasteiger partial charge is 0.455 e. The molecule has 168 valence electrons. The summed E-state index contributed by atoms with van der Waals surface area (Å²) in [6.45, 7) is 4.21. The van der Waals surface area contributed by atoms with Crippen molar-refractivity contribution in [3.05, 3.63) is 60.2 Å². The van der Waals surface area contributed by atoms with E-state index in [1.807, 2.05) is 25.1 Å². The van der Waals surface area contributed by atoms with E-state index in [2.05, 4.69) is 20.3 Å². The third-order valence-electron chi connectivity index (χ3n) is 6.51. The second kappa shape index (κ2) is 8.27. The zero-order valence-electron chi connectivity index (χ0n) is 18.7. The van der Waals surface area contributed by atoms with Gasteiger partial charge in [0.1, 0.15) is 17.3 Å². The Labute approximate surface area is 192 Å². The number of rotatable bonds is 4. The quantitative estimate of drug-likeness (QED) is 0.617. The van der Waals surface area contributed by atoms with E-state index in [1.54, 1.807) is 37.5 Å². The third-order valence-corrected chi connectivity index (χ3v) is 6.51. The number of hydrogen-bond donors (Lipinski definition) is 1. The van der Waals surface area contributed by atoms with Crippen LogP contribution in [0.4, 0.5) is 10.6 Å². The highest BCUT2D eigenvalue weighted by Gasteiger charge is 2.52. The molecule has 1 spiro atoms. The molecule has 3 aromatic heterocycles. The van der Waals surface area contributed by atoms with E-state index < -0.39 is 6.03 Å². The first kappa shape index (κ1) is 21.1. The second-order valence-corrected chi connectivity index (χ2v) is 8.72.